The Labute approximate surface area is 93.6 Å². The van der Waals surface area contributed by atoms with Crippen molar-refractivity contribution in [3.05, 3.63) is 29.6 Å². The molecule has 1 aliphatic heterocycles. The molecule has 86 valence electrons. The van der Waals surface area contributed by atoms with E-state index in [1.165, 1.54) is 12.1 Å². The van der Waals surface area contributed by atoms with E-state index >= 15 is 0 Å². The monoisotopic (exact) mass is 223 g/mol. The lowest BCUT2D eigenvalue weighted by Gasteiger charge is -2.24. The molecular weight excluding hydrogens is 209 g/mol. The summed E-state index contributed by atoms with van der Waals surface area (Å²) in [4.78, 5) is 11.5. The van der Waals surface area contributed by atoms with Crippen LogP contribution in [0.4, 0.5) is 10.1 Å². The summed E-state index contributed by atoms with van der Waals surface area (Å²) in [5, 5.41) is 3.11. The van der Waals surface area contributed by atoms with Crippen LogP contribution in [0.2, 0.25) is 0 Å². The van der Waals surface area contributed by atoms with Crippen LogP contribution in [0.5, 0.6) is 0 Å². The lowest BCUT2D eigenvalue weighted by molar-refractivity contribution is -0.147. The average Bonchev–Trinajstić information content (AvgIpc) is 2.28. The number of rotatable bonds is 2. The van der Waals surface area contributed by atoms with Crippen molar-refractivity contribution >= 4 is 11.7 Å². The first kappa shape index (κ1) is 10.9. The second-order valence-corrected chi connectivity index (χ2v) is 3.84. The Morgan fingerprint density at radius 1 is 1.62 bits per heavy atom. The van der Waals surface area contributed by atoms with Crippen molar-refractivity contribution in [3.8, 4) is 0 Å². The fourth-order valence-corrected chi connectivity index (χ4v) is 1.90. The quantitative estimate of drug-likeness (QED) is 0.779. The molecular formula is C12H14FNO2. The van der Waals surface area contributed by atoms with E-state index in [0.29, 0.717) is 19.6 Å². The minimum atomic E-state index is -0.273. The molecule has 0 fully saturated rings. The van der Waals surface area contributed by atoms with Gasteiger partial charge in [-0.3, -0.25) is 4.79 Å². The molecule has 1 heterocycles. The van der Waals surface area contributed by atoms with E-state index in [9.17, 15) is 9.18 Å². The molecule has 4 heteroatoms. The summed E-state index contributed by atoms with van der Waals surface area (Å²) < 4.78 is 18.0. The Hall–Kier alpha value is -1.58. The van der Waals surface area contributed by atoms with Gasteiger partial charge < -0.3 is 10.1 Å². The van der Waals surface area contributed by atoms with Crippen LogP contribution in [0, 0.1) is 11.7 Å². The van der Waals surface area contributed by atoms with Crippen LogP contribution >= 0.6 is 0 Å². The molecule has 1 atom stereocenters. The summed E-state index contributed by atoms with van der Waals surface area (Å²) in [6, 6.07) is 4.58. The van der Waals surface area contributed by atoms with Crippen LogP contribution in [0.25, 0.3) is 0 Å². The fraction of sp³-hybridized carbons (Fsp3) is 0.417. The van der Waals surface area contributed by atoms with Crippen molar-refractivity contribution in [3.63, 3.8) is 0 Å². The maximum atomic E-state index is 13.0. The highest BCUT2D eigenvalue weighted by atomic mass is 19.1. The van der Waals surface area contributed by atoms with E-state index in [1.807, 2.05) is 0 Å². The van der Waals surface area contributed by atoms with Crippen LogP contribution in [-0.4, -0.2) is 19.1 Å². The molecule has 3 nitrogen and oxygen atoms in total. The number of hydrogen-bond donors (Lipinski definition) is 1. The van der Waals surface area contributed by atoms with Crippen molar-refractivity contribution < 1.29 is 13.9 Å². The predicted octanol–water partition coefficient (Wildman–Crippen LogP) is 1.97. The van der Waals surface area contributed by atoms with Gasteiger partial charge >= 0.3 is 5.97 Å². The van der Waals surface area contributed by atoms with E-state index in [4.69, 9.17) is 4.74 Å². The Morgan fingerprint density at radius 2 is 2.44 bits per heavy atom. The number of anilines is 1. The van der Waals surface area contributed by atoms with Gasteiger partial charge in [-0.05, 0) is 37.1 Å². The van der Waals surface area contributed by atoms with Gasteiger partial charge in [0.15, 0.2) is 0 Å². The summed E-state index contributed by atoms with van der Waals surface area (Å²) in [5.41, 5.74) is 1.74. The maximum absolute atomic E-state index is 13.0. The Bertz CT molecular complexity index is 406. The molecule has 0 radical (unpaired) electrons. The number of nitrogens with one attached hydrogen (secondary N) is 1. The summed E-state index contributed by atoms with van der Waals surface area (Å²) in [6.07, 6.45) is 0.541. The Balaban J connectivity index is 2.13. The summed E-state index contributed by atoms with van der Waals surface area (Å²) >= 11 is 0. The van der Waals surface area contributed by atoms with Gasteiger partial charge in [-0.25, -0.2) is 4.39 Å². The average molecular weight is 223 g/mol. The molecule has 0 spiro atoms. The number of benzene rings is 1. The van der Waals surface area contributed by atoms with E-state index in [0.717, 1.165) is 11.3 Å². The van der Waals surface area contributed by atoms with Gasteiger partial charge in [0.05, 0.1) is 12.5 Å². The highest BCUT2D eigenvalue weighted by Crippen LogP contribution is 2.25. The van der Waals surface area contributed by atoms with Crippen LogP contribution in [0.15, 0.2) is 18.2 Å². The number of halogens is 1. The van der Waals surface area contributed by atoms with Gasteiger partial charge in [0, 0.05) is 12.2 Å². The molecule has 0 amide bonds. The highest BCUT2D eigenvalue weighted by molar-refractivity contribution is 5.75. The number of carbonyl (C=O) groups excluding carboxylic acids is 1. The summed E-state index contributed by atoms with van der Waals surface area (Å²) in [7, 11) is 0. The minimum Gasteiger partial charge on any atom is -0.466 e. The van der Waals surface area contributed by atoms with Crippen molar-refractivity contribution in [2.24, 2.45) is 5.92 Å². The van der Waals surface area contributed by atoms with Gasteiger partial charge in [-0.15, -0.1) is 0 Å². The van der Waals surface area contributed by atoms with Gasteiger partial charge in [0.2, 0.25) is 0 Å². The largest absolute Gasteiger partial charge is 0.466 e. The zero-order valence-corrected chi connectivity index (χ0v) is 9.13. The molecule has 1 aliphatic rings. The standard InChI is InChI=1S/C12H14FNO2/c1-2-16-12(15)9-5-8-6-10(13)3-4-11(8)14-7-9/h3-4,6,9,14H,2,5,7H2,1H3/t9-/m0/s1. The van der Waals surface area contributed by atoms with E-state index in [2.05, 4.69) is 5.32 Å². The van der Waals surface area contributed by atoms with E-state index in [-0.39, 0.29) is 17.7 Å². The third kappa shape index (κ3) is 2.15. The molecule has 0 unspecified atom stereocenters. The first-order valence-corrected chi connectivity index (χ1v) is 5.39. The molecule has 0 aliphatic carbocycles. The second kappa shape index (κ2) is 4.51. The number of esters is 1. The third-order valence-electron chi connectivity index (χ3n) is 2.69. The maximum Gasteiger partial charge on any atom is 0.311 e. The van der Waals surface area contributed by atoms with Gasteiger partial charge in [0.25, 0.3) is 0 Å². The van der Waals surface area contributed by atoms with Crippen LogP contribution in [-0.2, 0) is 16.0 Å². The predicted molar refractivity (Wildman–Crippen MR) is 58.7 cm³/mol. The molecule has 0 aromatic heterocycles. The molecule has 0 saturated carbocycles. The first-order chi connectivity index (χ1) is 7.70. The van der Waals surface area contributed by atoms with Crippen LogP contribution in [0.1, 0.15) is 12.5 Å². The molecule has 16 heavy (non-hydrogen) atoms. The lowest BCUT2D eigenvalue weighted by Crippen LogP contribution is -2.31. The zero-order chi connectivity index (χ0) is 11.5. The fourth-order valence-electron chi connectivity index (χ4n) is 1.90. The smallest absolute Gasteiger partial charge is 0.311 e. The molecule has 0 bridgehead atoms. The minimum absolute atomic E-state index is 0.214. The number of ether oxygens (including phenoxy) is 1. The lowest BCUT2D eigenvalue weighted by atomic mass is 9.94. The van der Waals surface area contributed by atoms with E-state index in [1.54, 1.807) is 13.0 Å². The number of hydrogen-bond acceptors (Lipinski definition) is 3. The van der Waals surface area contributed by atoms with Crippen molar-refractivity contribution in [1.82, 2.24) is 0 Å². The highest BCUT2D eigenvalue weighted by Gasteiger charge is 2.25. The molecule has 1 aromatic carbocycles. The topological polar surface area (TPSA) is 38.3 Å². The summed E-state index contributed by atoms with van der Waals surface area (Å²) in [5.74, 6) is -0.704. The Morgan fingerprint density at radius 3 is 3.19 bits per heavy atom. The van der Waals surface area contributed by atoms with Crippen LogP contribution < -0.4 is 5.32 Å². The van der Waals surface area contributed by atoms with Gasteiger partial charge in [0.1, 0.15) is 5.82 Å². The normalized spacial score (nSPS) is 18.5. The molecule has 0 saturated heterocycles. The SMILES string of the molecule is CCOC(=O)[C@@H]1CNc2ccc(F)cc2C1. The zero-order valence-electron chi connectivity index (χ0n) is 9.13. The van der Waals surface area contributed by atoms with Crippen molar-refractivity contribution in [1.29, 1.82) is 0 Å². The number of carbonyl (C=O) groups is 1. The van der Waals surface area contributed by atoms with E-state index < -0.39 is 0 Å². The summed E-state index contributed by atoms with van der Waals surface area (Å²) in [6.45, 7) is 2.71. The van der Waals surface area contributed by atoms with Gasteiger partial charge in [-0.2, -0.15) is 0 Å². The van der Waals surface area contributed by atoms with Crippen molar-refractivity contribution in [2.45, 2.75) is 13.3 Å². The first-order valence-electron chi connectivity index (χ1n) is 5.39. The second-order valence-electron chi connectivity index (χ2n) is 3.84. The molecule has 1 aromatic rings. The van der Waals surface area contributed by atoms with Crippen molar-refractivity contribution in [2.75, 3.05) is 18.5 Å². The third-order valence-corrected chi connectivity index (χ3v) is 2.69. The molecule has 2 rings (SSSR count). The van der Waals surface area contributed by atoms with Gasteiger partial charge in [-0.1, -0.05) is 0 Å². The molecule has 1 N–H and O–H groups in total. The van der Waals surface area contributed by atoms with Crippen LogP contribution in [0.3, 0.4) is 0 Å². The number of fused-ring (bicyclic) bond motifs is 1. The Kier molecular flexibility index (Phi) is 3.08.